The van der Waals surface area contributed by atoms with Crippen molar-refractivity contribution >= 4 is 44.9 Å². The smallest absolute Gasteiger partial charge is 0.478 e. The fraction of sp³-hybridized carbons (Fsp3) is 0.320. The van der Waals surface area contributed by atoms with Crippen LogP contribution in [0.3, 0.4) is 0 Å². The fourth-order valence-electron chi connectivity index (χ4n) is 3.77. The van der Waals surface area contributed by atoms with Crippen LogP contribution in [0, 0.1) is 13.8 Å². The van der Waals surface area contributed by atoms with E-state index in [9.17, 15) is 31.5 Å². The Morgan fingerprint density at radius 3 is 2.23 bits per heavy atom. The number of carbonyl (C=O) groups is 2. The Morgan fingerprint density at radius 1 is 1.12 bits per heavy atom. The molecule has 0 amide bonds. The first-order valence-corrected chi connectivity index (χ1v) is 13.5. The Kier molecular flexibility index (Phi) is 10.6. The minimum Gasteiger partial charge on any atom is -0.478 e. The normalized spacial score (nSPS) is 11.4. The standard InChI is InChI=1S/C23H27ClN4O4S.C2HF3O2/c1-15-18(16(2)28(4)25-15)8-7-13-27(3)21-12-11-17(14-19(21)23(29)30)26-33(31,32)22-10-6-5-9-20(22)24;3-2(4,5)1(6)7/h5-6,9-12,14,26H,7-8,13H2,1-4H3,(H,29,30);(H,6,7). The monoisotopic (exact) mass is 604 g/mol. The molecule has 0 aliphatic carbocycles. The predicted molar refractivity (Wildman–Crippen MR) is 144 cm³/mol. The van der Waals surface area contributed by atoms with Gasteiger partial charge in [0.05, 0.1) is 22.0 Å². The summed E-state index contributed by atoms with van der Waals surface area (Å²) in [5.41, 5.74) is 3.98. The van der Waals surface area contributed by atoms with Gasteiger partial charge in [-0.3, -0.25) is 9.40 Å². The molecule has 3 N–H and O–H groups in total. The van der Waals surface area contributed by atoms with Gasteiger partial charge in [0.25, 0.3) is 10.0 Å². The molecule has 0 fully saturated rings. The number of carboxylic acids is 2. The number of hydrogen-bond acceptors (Lipinski definition) is 6. The molecule has 3 rings (SSSR count). The molecule has 1 heterocycles. The van der Waals surface area contributed by atoms with E-state index < -0.39 is 28.1 Å². The van der Waals surface area contributed by atoms with Crippen molar-refractivity contribution in [3.05, 3.63) is 70.0 Å². The highest BCUT2D eigenvalue weighted by Gasteiger charge is 2.38. The van der Waals surface area contributed by atoms with E-state index in [2.05, 4.69) is 9.82 Å². The van der Waals surface area contributed by atoms with E-state index in [1.165, 1.54) is 23.8 Å². The van der Waals surface area contributed by atoms with Crippen molar-refractivity contribution in [2.24, 2.45) is 7.05 Å². The van der Waals surface area contributed by atoms with Gasteiger partial charge in [-0.25, -0.2) is 18.0 Å². The topological polar surface area (TPSA) is 142 Å². The summed E-state index contributed by atoms with van der Waals surface area (Å²) < 4.78 is 61.4. The maximum Gasteiger partial charge on any atom is 0.490 e. The number of hydrogen-bond donors (Lipinski definition) is 3. The van der Waals surface area contributed by atoms with Gasteiger partial charge >= 0.3 is 18.1 Å². The van der Waals surface area contributed by atoms with Gasteiger partial charge in [0.2, 0.25) is 0 Å². The lowest BCUT2D eigenvalue weighted by atomic mass is 10.1. The molecular formula is C25H28ClF3N4O6S. The van der Waals surface area contributed by atoms with Gasteiger partial charge in [-0.15, -0.1) is 0 Å². The second-order valence-corrected chi connectivity index (χ2v) is 10.7. The lowest BCUT2D eigenvalue weighted by molar-refractivity contribution is -0.192. The molecule has 1 aromatic heterocycles. The molecule has 15 heteroatoms. The maximum absolute atomic E-state index is 12.7. The van der Waals surface area contributed by atoms with Gasteiger partial charge < -0.3 is 15.1 Å². The average molecular weight is 605 g/mol. The van der Waals surface area contributed by atoms with Crippen LogP contribution in [0.4, 0.5) is 24.5 Å². The summed E-state index contributed by atoms with van der Waals surface area (Å²) in [5.74, 6) is -3.90. The van der Waals surface area contributed by atoms with E-state index in [1.54, 1.807) is 24.3 Å². The van der Waals surface area contributed by atoms with Crippen molar-refractivity contribution in [1.82, 2.24) is 9.78 Å². The van der Waals surface area contributed by atoms with Crippen LogP contribution in [-0.4, -0.2) is 60.1 Å². The van der Waals surface area contributed by atoms with Crippen LogP contribution in [0.2, 0.25) is 5.02 Å². The highest BCUT2D eigenvalue weighted by molar-refractivity contribution is 7.92. The first kappa shape index (κ1) is 32.4. The molecule has 3 aromatic rings. The largest absolute Gasteiger partial charge is 0.490 e. The van der Waals surface area contributed by atoms with Crippen molar-refractivity contribution in [2.75, 3.05) is 23.2 Å². The molecule has 0 bridgehead atoms. The van der Waals surface area contributed by atoms with Crippen molar-refractivity contribution < 1.29 is 41.4 Å². The van der Waals surface area contributed by atoms with Gasteiger partial charge in [-0.05, 0) is 62.6 Å². The summed E-state index contributed by atoms with van der Waals surface area (Å²) >= 11 is 6.01. The van der Waals surface area contributed by atoms with Crippen LogP contribution >= 0.6 is 11.6 Å². The molecule has 0 radical (unpaired) electrons. The lowest BCUT2D eigenvalue weighted by Gasteiger charge is -2.22. The molecule has 0 unspecified atom stereocenters. The van der Waals surface area contributed by atoms with E-state index >= 15 is 0 Å². The number of nitrogens with one attached hydrogen (secondary N) is 1. The van der Waals surface area contributed by atoms with Gasteiger partial charge in [0.15, 0.2) is 0 Å². The van der Waals surface area contributed by atoms with E-state index in [0.29, 0.717) is 12.2 Å². The summed E-state index contributed by atoms with van der Waals surface area (Å²) in [6.45, 7) is 4.64. The van der Waals surface area contributed by atoms with Crippen molar-refractivity contribution in [3.8, 4) is 0 Å². The van der Waals surface area contributed by atoms with Crippen LogP contribution in [-0.2, 0) is 28.3 Å². The molecule has 0 saturated carbocycles. The van der Waals surface area contributed by atoms with Crippen LogP contribution < -0.4 is 9.62 Å². The van der Waals surface area contributed by atoms with E-state index in [-0.39, 0.29) is 21.2 Å². The second kappa shape index (κ2) is 13.0. The summed E-state index contributed by atoms with van der Waals surface area (Å²) in [6.07, 6.45) is -3.45. The Morgan fingerprint density at radius 2 is 1.73 bits per heavy atom. The van der Waals surface area contributed by atoms with E-state index in [0.717, 1.165) is 24.2 Å². The third-order valence-corrected chi connectivity index (χ3v) is 7.72. The lowest BCUT2D eigenvalue weighted by Crippen LogP contribution is -2.22. The number of aryl methyl sites for hydroxylation is 2. The zero-order valence-electron chi connectivity index (χ0n) is 22.0. The zero-order chi connectivity index (χ0) is 30.4. The fourth-order valence-corrected chi connectivity index (χ4v) is 5.34. The number of anilines is 2. The quantitative estimate of drug-likeness (QED) is 0.313. The molecule has 0 spiro atoms. The van der Waals surface area contributed by atoms with E-state index in [4.69, 9.17) is 21.5 Å². The van der Waals surface area contributed by atoms with Crippen LogP contribution in [0.1, 0.15) is 33.7 Å². The number of nitrogens with zero attached hydrogens (tertiary/aromatic N) is 3. The Balaban J connectivity index is 0.000000708. The van der Waals surface area contributed by atoms with Crippen molar-refractivity contribution in [2.45, 2.75) is 37.8 Å². The molecule has 218 valence electrons. The summed E-state index contributed by atoms with van der Waals surface area (Å²) in [6, 6.07) is 10.5. The van der Waals surface area contributed by atoms with Crippen molar-refractivity contribution in [1.29, 1.82) is 0 Å². The molecular weight excluding hydrogens is 577 g/mol. The number of aliphatic carboxylic acids is 1. The number of halogens is 4. The summed E-state index contributed by atoms with van der Waals surface area (Å²) in [4.78, 5) is 22.6. The van der Waals surface area contributed by atoms with Gasteiger partial charge in [-0.1, -0.05) is 23.7 Å². The summed E-state index contributed by atoms with van der Waals surface area (Å²) in [5, 5.41) is 21.4. The zero-order valence-corrected chi connectivity index (χ0v) is 23.5. The number of aromatic carboxylic acids is 1. The maximum atomic E-state index is 12.7. The molecule has 0 aliphatic heterocycles. The highest BCUT2D eigenvalue weighted by atomic mass is 35.5. The van der Waals surface area contributed by atoms with Crippen LogP contribution in [0.15, 0.2) is 47.4 Å². The number of benzene rings is 2. The minimum atomic E-state index is -5.08. The molecule has 10 nitrogen and oxygen atoms in total. The Bertz CT molecular complexity index is 1490. The number of rotatable bonds is 9. The SMILES string of the molecule is Cc1nn(C)c(C)c1CCCN(C)c1ccc(NS(=O)(=O)c2ccccc2Cl)cc1C(=O)O.O=C(O)C(F)(F)F. The summed E-state index contributed by atoms with van der Waals surface area (Å²) in [7, 11) is -0.234. The van der Waals surface area contributed by atoms with Gasteiger partial charge in [-0.2, -0.15) is 18.3 Å². The second-order valence-electron chi connectivity index (χ2n) is 8.67. The minimum absolute atomic E-state index is 0.00518. The molecule has 2 aromatic carbocycles. The Labute approximate surface area is 234 Å². The third-order valence-electron chi connectivity index (χ3n) is 5.84. The highest BCUT2D eigenvalue weighted by Crippen LogP contribution is 2.28. The molecule has 40 heavy (non-hydrogen) atoms. The number of aromatic nitrogens is 2. The average Bonchev–Trinajstić information content (AvgIpc) is 3.09. The number of carboxylic acid groups (broad SMARTS) is 2. The Hall–Kier alpha value is -3.78. The number of sulfonamides is 1. The molecule has 0 aliphatic rings. The molecule has 0 atom stereocenters. The van der Waals surface area contributed by atoms with Crippen LogP contribution in [0.5, 0.6) is 0 Å². The predicted octanol–water partition coefficient (Wildman–Crippen LogP) is 4.89. The van der Waals surface area contributed by atoms with Crippen LogP contribution in [0.25, 0.3) is 0 Å². The number of alkyl halides is 3. The molecule has 0 saturated heterocycles. The third kappa shape index (κ3) is 8.36. The van der Waals surface area contributed by atoms with Gasteiger partial charge in [0.1, 0.15) is 4.90 Å². The first-order chi connectivity index (χ1) is 18.5. The van der Waals surface area contributed by atoms with Crippen molar-refractivity contribution in [3.63, 3.8) is 0 Å². The van der Waals surface area contributed by atoms with Gasteiger partial charge in [0, 0.05) is 32.0 Å². The van der Waals surface area contributed by atoms with E-state index in [1.807, 2.05) is 37.5 Å². The first-order valence-electron chi connectivity index (χ1n) is 11.6.